The summed E-state index contributed by atoms with van der Waals surface area (Å²) < 4.78 is 0. The fraction of sp³-hybridized carbons (Fsp3) is 0.0909. The molecule has 2 amide bonds. The van der Waals surface area contributed by atoms with Crippen molar-refractivity contribution in [2.75, 3.05) is 10.6 Å². The van der Waals surface area contributed by atoms with Gasteiger partial charge in [-0.15, -0.1) is 0 Å². The summed E-state index contributed by atoms with van der Waals surface area (Å²) in [5.41, 5.74) is 3.91. The number of carbonyl (C=O) groups excluding carboxylic acids is 2. The summed E-state index contributed by atoms with van der Waals surface area (Å²) in [6.45, 7) is 3.89. The number of carbonyl (C=O) groups is 2. The SMILES string of the molecule is Cc1ccc(NC(=O)c2cccc(C(=O)Nc3cccc(C#N)c3)n2)c(C)c1. The molecule has 0 aliphatic heterocycles. The maximum absolute atomic E-state index is 12.5. The highest BCUT2D eigenvalue weighted by Gasteiger charge is 2.14. The zero-order valence-electron chi connectivity index (χ0n) is 15.5. The largest absolute Gasteiger partial charge is 0.321 e. The normalized spacial score (nSPS) is 10.0. The first kappa shape index (κ1) is 18.8. The minimum Gasteiger partial charge on any atom is -0.321 e. The quantitative estimate of drug-likeness (QED) is 0.723. The van der Waals surface area contributed by atoms with E-state index in [9.17, 15) is 9.59 Å². The van der Waals surface area contributed by atoms with Gasteiger partial charge in [-0.2, -0.15) is 5.26 Å². The summed E-state index contributed by atoms with van der Waals surface area (Å²) in [6, 6.07) is 19.0. The average molecular weight is 370 g/mol. The van der Waals surface area contributed by atoms with Crippen molar-refractivity contribution in [3.8, 4) is 6.07 Å². The minimum atomic E-state index is -0.462. The molecular formula is C22H18N4O2. The van der Waals surface area contributed by atoms with Gasteiger partial charge in [0.2, 0.25) is 0 Å². The van der Waals surface area contributed by atoms with E-state index in [0.717, 1.165) is 11.1 Å². The van der Waals surface area contributed by atoms with Crippen LogP contribution in [-0.2, 0) is 0 Å². The van der Waals surface area contributed by atoms with Gasteiger partial charge in [0.15, 0.2) is 0 Å². The second kappa shape index (κ2) is 8.14. The van der Waals surface area contributed by atoms with Crippen LogP contribution in [0.5, 0.6) is 0 Å². The lowest BCUT2D eigenvalue weighted by Gasteiger charge is -2.10. The first-order chi connectivity index (χ1) is 13.5. The molecule has 28 heavy (non-hydrogen) atoms. The van der Waals surface area contributed by atoms with E-state index in [4.69, 9.17) is 5.26 Å². The topological polar surface area (TPSA) is 94.9 Å². The fourth-order valence-electron chi connectivity index (χ4n) is 2.69. The smallest absolute Gasteiger partial charge is 0.274 e. The number of nitrogens with zero attached hydrogens (tertiary/aromatic N) is 2. The lowest BCUT2D eigenvalue weighted by Crippen LogP contribution is -2.18. The Kier molecular flexibility index (Phi) is 5.47. The van der Waals surface area contributed by atoms with Crippen LogP contribution in [0.25, 0.3) is 0 Å². The molecule has 3 aromatic rings. The van der Waals surface area contributed by atoms with Gasteiger partial charge >= 0.3 is 0 Å². The Morgan fingerprint density at radius 1 is 0.893 bits per heavy atom. The molecule has 6 heteroatoms. The molecule has 0 fully saturated rings. The third-order valence-electron chi connectivity index (χ3n) is 4.09. The van der Waals surface area contributed by atoms with Crippen molar-refractivity contribution in [1.82, 2.24) is 4.98 Å². The number of rotatable bonds is 4. The fourth-order valence-corrected chi connectivity index (χ4v) is 2.69. The predicted molar refractivity (Wildman–Crippen MR) is 107 cm³/mol. The van der Waals surface area contributed by atoms with E-state index in [2.05, 4.69) is 15.6 Å². The zero-order chi connectivity index (χ0) is 20.1. The highest BCUT2D eigenvalue weighted by atomic mass is 16.2. The first-order valence-electron chi connectivity index (χ1n) is 8.63. The van der Waals surface area contributed by atoms with Crippen LogP contribution in [0, 0.1) is 25.2 Å². The van der Waals surface area contributed by atoms with Crippen molar-refractivity contribution in [1.29, 1.82) is 5.26 Å². The third kappa shape index (κ3) is 4.40. The summed E-state index contributed by atoms with van der Waals surface area (Å²) >= 11 is 0. The number of pyridine rings is 1. The molecule has 3 rings (SSSR count). The van der Waals surface area contributed by atoms with Gasteiger partial charge < -0.3 is 10.6 Å². The molecule has 0 bridgehead atoms. The zero-order valence-corrected chi connectivity index (χ0v) is 15.5. The van der Waals surface area contributed by atoms with Crippen LogP contribution in [0.1, 0.15) is 37.7 Å². The Labute approximate surface area is 162 Å². The van der Waals surface area contributed by atoms with Gasteiger partial charge in [-0.25, -0.2) is 4.98 Å². The van der Waals surface area contributed by atoms with Gasteiger partial charge in [-0.05, 0) is 55.8 Å². The second-order valence-electron chi connectivity index (χ2n) is 6.33. The molecule has 1 aromatic heterocycles. The summed E-state index contributed by atoms with van der Waals surface area (Å²) in [5, 5.41) is 14.4. The number of nitriles is 1. The number of aryl methyl sites for hydroxylation is 2. The average Bonchev–Trinajstić information content (AvgIpc) is 2.70. The molecule has 2 N–H and O–H groups in total. The molecular weight excluding hydrogens is 352 g/mol. The number of hydrogen-bond donors (Lipinski definition) is 2. The second-order valence-corrected chi connectivity index (χ2v) is 6.33. The monoisotopic (exact) mass is 370 g/mol. The molecule has 0 aliphatic rings. The summed E-state index contributed by atoms with van der Waals surface area (Å²) in [6.07, 6.45) is 0. The molecule has 0 saturated carbocycles. The van der Waals surface area contributed by atoms with Crippen LogP contribution in [0.4, 0.5) is 11.4 Å². The number of benzene rings is 2. The Balaban J connectivity index is 1.76. The molecule has 0 aliphatic carbocycles. The van der Waals surface area contributed by atoms with Crippen LogP contribution in [-0.4, -0.2) is 16.8 Å². The van der Waals surface area contributed by atoms with Crippen molar-refractivity contribution in [2.45, 2.75) is 13.8 Å². The van der Waals surface area contributed by atoms with Gasteiger partial charge in [0.1, 0.15) is 11.4 Å². The molecule has 0 spiro atoms. The van der Waals surface area contributed by atoms with E-state index in [1.165, 1.54) is 6.07 Å². The molecule has 1 heterocycles. The van der Waals surface area contributed by atoms with Crippen molar-refractivity contribution in [3.05, 3.63) is 88.7 Å². The van der Waals surface area contributed by atoms with E-state index in [1.54, 1.807) is 36.4 Å². The van der Waals surface area contributed by atoms with E-state index in [1.807, 2.05) is 38.1 Å². The highest BCUT2D eigenvalue weighted by Crippen LogP contribution is 2.17. The van der Waals surface area contributed by atoms with Gasteiger partial charge in [-0.3, -0.25) is 9.59 Å². The molecule has 0 saturated heterocycles. The maximum Gasteiger partial charge on any atom is 0.274 e. The van der Waals surface area contributed by atoms with Gasteiger partial charge in [0.05, 0.1) is 11.6 Å². The summed E-state index contributed by atoms with van der Waals surface area (Å²) in [7, 11) is 0. The Morgan fingerprint density at radius 2 is 1.57 bits per heavy atom. The lowest BCUT2D eigenvalue weighted by molar-refractivity contribution is 0.101. The Bertz CT molecular complexity index is 1100. The van der Waals surface area contributed by atoms with E-state index in [-0.39, 0.29) is 11.4 Å². The number of amides is 2. The van der Waals surface area contributed by atoms with E-state index in [0.29, 0.717) is 16.9 Å². The number of hydrogen-bond acceptors (Lipinski definition) is 4. The highest BCUT2D eigenvalue weighted by molar-refractivity contribution is 6.06. The van der Waals surface area contributed by atoms with Crippen LogP contribution in [0.3, 0.4) is 0 Å². The van der Waals surface area contributed by atoms with Gasteiger partial charge in [0.25, 0.3) is 11.8 Å². The Morgan fingerprint density at radius 3 is 2.25 bits per heavy atom. The maximum atomic E-state index is 12.5. The third-order valence-corrected chi connectivity index (χ3v) is 4.09. The van der Waals surface area contributed by atoms with Crippen LogP contribution in [0.15, 0.2) is 60.7 Å². The number of anilines is 2. The summed E-state index contributed by atoms with van der Waals surface area (Å²) in [5.74, 6) is -0.857. The Hall–Kier alpha value is -3.98. The molecule has 0 radical (unpaired) electrons. The van der Waals surface area contributed by atoms with Gasteiger partial charge in [-0.1, -0.05) is 29.8 Å². The standard InChI is InChI=1S/C22H18N4O2/c1-14-9-10-18(15(2)11-14)26-22(28)20-8-4-7-19(25-20)21(27)24-17-6-3-5-16(12-17)13-23/h3-12H,1-2H3,(H,24,27)(H,26,28). The lowest BCUT2D eigenvalue weighted by atomic mass is 10.1. The van der Waals surface area contributed by atoms with Crippen molar-refractivity contribution in [2.24, 2.45) is 0 Å². The van der Waals surface area contributed by atoms with Crippen molar-refractivity contribution < 1.29 is 9.59 Å². The molecule has 138 valence electrons. The molecule has 0 atom stereocenters. The van der Waals surface area contributed by atoms with Crippen LogP contribution < -0.4 is 10.6 Å². The molecule has 0 unspecified atom stereocenters. The minimum absolute atomic E-state index is 0.107. The molecule has 2 aromatic carbocycles. The van der Waals surface area contributed by atoms with Crippen molar-refractivity contribution in [3.63, 3.8) is 0 Å². The van der Waals surface area contributed by atoms with Crippen LogP contribution in [0.2, 0.25) is 0 Å². The van der Waals surface area contributed by atoms with E-state index < -0.39 is 11.8 Å². The number of aromatic nitrogens is 1. The first-order valence-corrected chi connectivity index (χ1v) is 8.63. The molecule has 6 nitrogen and oxygen atoms in total. The predicted octanol–water partition coefficient (Wildman–Crippen LogP) is 4.07. The van der Waals surface area contributed by atoms with E-state index >= 15 is 0 Å². The van der Waals surface area contributed by atoms with Crippen molar-refractivity contribution >= 4 is 23.2 Å². The summed E-state index contributed by atoms with van der Waals surface area (Å²) in [4.78, 5) is 29.1. The number of nitrogens with one attached hydrogen (secondary N) is 2. The van der Waals surface area contributed by atoms with Crippen LogP contribution >= 0.6 is 0 Å². The van der Waals surface area contributed by atoms with Gasteiger partial charge in [0, 0.05) is 11.4 Å².